The Morgan fingerprint density at radius 2 is 1.89 bits per heavy atom. The van der Waals surface area contributed by atoms with Crippen molar-refractivity contribution in [2.45, 2.75) is 32.6 Å². The summed E-state index contributed by atoms with van der Waals surface area (Å²) >= 11 is 0. The molecule has 19 heavy (non-hydrogen) atoms. The quantitative estimate of drug-likeness (QED) is 0.679. The van der Waals surface area contributed by atoms with E-state index in [1.165, 1.54) is 0 Å². The molecule has 0 bridgehead atoms. The van der Waals surface area contributed by atoms with Gasteiger partial charge in [-0.25, -0.2) is 0 Å². The van der Waals surface area contributed by atoms with E-state index in [-0.39, 0.29) is 24.7 Å². The van der Waals surface area contributed by atoms with Gasteiger partial charge in [0, 0.05) is 20.0 Å². The molecule has 0 aromatic carbocycles. The van der Waals surface area contributed by atoms with Gasteiger partial charge in [-0.15, -0.1) is 0 Å². The van der Waals surface area contributed by atoms with Gasteiger partial charge in [0.15, 0.2) is 0 Å². The fourth-order valence-electron chi connectivity index (χ4n) is 2.37. The molecule has 0 unspecified atom stereocenters. The zero-order valence-electron chi connectivity index (χ0n) is 12.4. The van der Waals surface area contributed by atoms with E-state index in [0.29, 0.717) is 12.5 Å². The number of esters is 1. The van der Waals surface area contributed by atoms with Crippen molar-refractivity contribution in [2.75, 3.05) is 40.3 Å². The van der Waals surface area contributed by atoms with Crippen molar-refractivity contribution in [2.24, 2.45) is 5.92 Å². The first-order chi connectivity index (χ1) is 9.02. The average Bonchev–Trinajstić information content (AvgIpc) is 2.39. The van der Waals surface area contributed by atoms with Gasteiger partial charge in [-0.05, 0) is 45.8 Å². The molecule has 1 rings (SSSR count). The van der Waals surface area contributed by atoms with Crippen LogP contribution in [0.15, 0.2) is 0 Å². The molecule has 0 spiro atoms. The highest BCUT2D eigenvalue weighted by atomic mass is 16.5. The second-order valence-corrected chi connectivity index (χ2v) is 5.33. The van der Waals surface area contributed by atoms with Gasteiger partial charge >= 0.3 is 5.97 Å². The summed E-state index contributed by atoms with van der Waals surface area (Å²) < 4.78 is 4.82. The molecule has 1 aliphatic heterocycles. The molecule has 110 valence electrons. The number of hydrogen-bond acceptors (Lipinski definition) is 4. The summed E-state index contributed by atoms with van der Waals surface area (Å²) in [7, 11) is 3.95. The molecule has 0 aromatic heterocycles. The second kappa shape index (κ2) is 8.15. The van der Waals surface area contributed by atoms with Crippen molar-refractivity contribution in [3.63, 3.8) is 0 Å². The summed E-state index contributed by atoms with van der Waals surface area (Å²) in [5.41, 5.74) is 0. The van der Waals surface area contributed by atoms with Gasteiger partial charge in [-0.3, -0.25) is 9.59 Å². The van der Waals surface area contributed by atoms with Crippen LogP contribution in [-0.4, -0.2) is 62.0 Å². The van der Waals surface area contributed by atoms with E-state index in [9.17, 15) is 9.59 Å². The van der Waals surface area contributed by atoms with E-state index in [1.807, 2.05) is 7.05 Å². The fraction of sp³-hybridized carbons (Fsp3) is 0.857. The molecule has 1 aliphatic rings. The van der Waals surface area contributed by atoms with E-state index < -0.39 is 0 Å². The molecular formula is C14H26N2O3. The molecule has 1 fully saturated rings. The lowest BCUT2D eigenvalue weighted by Crippen LogP contribution is -2.38. The number of carbonyl (C=O) groups is 2. The predicted molar refractivity (Wildman–Crippen MR) is 73.7 cm³/mol. The van der Waals surface area contributed by atoms with Gasteiger partial charge in [-0.1, -0.05) is 0 Å². The lowest BCUT2D eigenvalue weighted by Gasteiger charge is -2.31. The summed E-state index contributed by atoms with van der Waals surface area (Å²) in [6.45, 7) is 5.16. The van der Waals surface area contributed by atoms with Crippen molar-refractivity contribution in [3.05, 3.63) is 0 Å². The summed E-state index contributed by atoms with van der Waals surface area (Å²) in [4.78, 5) is 27.2. The van der Waals surface area contributed by atoms with E-state index in [2.05, 4.69) is 11.9 Å². The molecular weight excluding hydrogens is 244 g/mol. The monoisotopic (exact) mass is 270 g/mol. The maximum atomic E-state index is 11.9. The molecule has 0 saturated carbocycles. The Morgan fingerprint density at radius 1 is 1.26 bits per heavy atom. The lowest BCUT2D eigenvalue weighted by molar-refractivity contribution is -0.145. The number of hydrogen-bond donors (Lipinski definition) is 0. The largest absolute Gasteiger partial charge is 0.466 e. The maximum Gasteiger partial charge on any atom is 0.306 e. The third-order valence-corrected chi connectivity index (χ3v) is 3.64. The Labute approximate surface area is 115 Å². The van der Waals surface area contributed by atoms with Crippen molar-refractivity contribution in [3.8, 4) is 0 Å². The summed E-state index contributed by atoms with van der Waals surface area (Å²) in [5.74, 6) is 0.336. The number of nitrogens with zero attached hydrogens (tertiary/aromatic N) is 2. The van der Waals surface area contributed by atoms with E-state index in [0.717, 1.165) is 32.5 Å². The van der Waals surface area contributed by atoms with Gasteiger partial charge in [0.1, 0.15) is 0 Å². The highest BCUT2D eigenvalue weighted by molar-refractivity contribution is 5.81. The number of rotatable bonds is 6. The van der Waals surface area contributed by atoms with Crippen LogP contribution in [0.3, 0.4) is 0 Å². The standard InChI is InChI=1S/C14H26N2O3/c1-4-19-14(18)6-5-13(17)16(3)11-12-7-9-15(2)10-8-12/h12H,4-11H2,1-3H3. The van der Waals surface area contributed by atoms with Gasteiger partial charge in [0.2, 0.25) is 5.91 Å². The van der Waals surface area contributed by atoms with Crippen LogP contribution in [0, 0.1) is 5.92 Å². The van der Waals surface area contributed by atoms with Crippen LogP contribution in [0.25, 0.3) is 0 Å². The van der Waals surface area contributed by atoms with E-state index in [4.69, 9.17) is 4.74 Å². The molecule has 1 saturated heterocycles. The summed E-state index contributed by atoms with van der Waals surface area (Å²) in [6, 6.07) is 0. The number of likely N-dealkylation sites (tertiary alicyclic amines) is 1. The third kappa shape index (κ3) is 6.05. The minimum atomic E-state index is -0.288. The summed E-state index contributed by atoms with van der Waals surface area (Å²) in [6.07, 6.45) is 2.73. The van der Waals surface area contributed by atoms with Crippen molar-refractivity contribution >= 4 is 11.9 Å². The maximum absolute atomic E-state index is 11.9. The zero-order chi connectivity index (χ0) is 14.3. The topological polar surface area (TPSA) is 49.9 Å². The van der Waals surface area contributed by atoms with Crippen molar-refractivity contribution in [1.82, 2.24) is 9.80 Å². The minimum Gasteiger partial charge on any atom is -0.466 e. The first-order valence-electron chi connectivity index (χ1n) is 7.11. The molecule has 0 aromatic rings. The number of ether oxygens (including phenoxy) is 1. The van der Waals surface area contributed by atoms with Crippen LogP contribution in [0.4, 0.5) is 0 Å². The van der Waals surface area contributed by atoms with Crippen molar-refractivity contribution < 1.29 is 14.3 Å². The molecule has 0 N–H and O–H groups in total. The Kier molecular flexibility index (Phi) is 6.84. The third-order valence-electron chi connectivity index (χ3n) is 3.64. The summed E-state index contributed by atoms with van der Waals surface area (Å²) in [5, 5.41) is 0. The van der Waals surface area contributed by atoms with E-state index in [1.54, 1.807) is 11.8 Å². The number of carbonyl (C=O) groups excluding carboxylic acids is 2. The smallest absolute Gasteiger partial charge is 0.306 e. The van der Waals surface area contributed by atoms with E-state index >= 15 is 0 Å². The van der Waals surface area contributed by atoms with Crippen LogP contribution < -0.4 is 0 Å². The Hall–Kier alpha value is -1.10. The molecule has 0 atom stereocenters. The highest BCUT2D eigenvalue weighted by Crippen LogP contribution is 2.17. The highest BCUT2D eigenvalue weighted by Gasteiger charge is 2.20. The SMILES string of the molecule is CCOC(=O)CCC(=O)N(C)CC1CCN(C)CC1. The second-order valence-electron chi connectivity index (χ2n) is 5.33. The molecule has 5 heteroatoms. The number of amides is 1. The lowest BCUT2D eigenvalue weighted by atomic mass is 9.96. The Balaban J connectivity index is 2.23. The molecule has 5 nitrogen and oxygen atoms in total. The van der Waals surface area contributed by atoms with Gasteiger partial charge < -0.3 is 14.5 Å². The van der Waals surface area contributed by atoms with Crippen LogP contribution in [-0.2, 0) is 14.3 Å². The Bertz CT molecular complexity index is 299. The van der Waals surface area contributed by atoms with Crippen LogP contribution in [0.1, 0.15) is 32.6 Å². The minimum absolute atomic E-state index is 0.0342. The first-order valence-corrected chi connectivity index (χ1v) is 7.11. The first kappa shape index (κ1) is 16.0. The molecule has 0 radical (unpaired) electrons. The predicted octanol–water partition coefficient (Wildman–Crippen LogP) is 1.13. The van der Waals surface area contributed by atoms with Gasteiger partial charge in [0.25, 0.3) is 0 Å². The van der Waals surface area contributed by atoms with Gasteiger partial charge in [-0.2, -0.15) is 0 Å². The van der Waals surface area contributed by atoms with Crippen LogP contribution in [0.2, 0.25) is 0 Å². The molecule has 1 heterocycles. The molecule has 0 aliphatic carbocycles. The molecule has 1 amide bonds. The average molecular weight is 270 g/mol. The fourth-order valence-corrected chi connectivity index (χ4v) is 2.37. The Morgan fingerprint density at radius 3 is 2.47 bits per heavy atom. The van der Waals surface area contributed by atoms with Crippen molar-refractivity contribution in [1.29, 1.82) is 0 Å². The van der Waals surface area contributed by atoms with Crippen LogP contribution >= 0.6 is 0 Å². The van der Waals surface area contributed by atoms with Crippen LogP contribution in [0.5, 0.6) is 0 Å². The number of piperidine rings is 1. The van der Waals surface area contributed by atoms with Gasteiger partial charge in [0.05, 0.1) is 13.0 Å². The normalized spacial score (nSPS) is 17.2. The zero-order valence-corrected chi connectivity index (χ0v) is 12.4.